The summed E-state index contributed by atoms with van der Waals surface area (Å²) in [6.45, 7) is 7.12. The minimum atomic E-state index is 0.580. The highest BCUT2D eigenvalue weighted by Crippen LogP contribution is 2.44. The molecule has 2 aliphatic rings. The van der Waals surface area contributed by atoms with Gasteiger partial charge in [-0.1, -0.05) is 46.5 Å². The van der Waals surface area contributed by atoms with Gasteiger partial charge in [-0.15, -0.1) is 0 Å². The molecule has 0 aromatic rings. The van der Waals surface area contributed by atoms with E-state index in [2.05, 4.69) is 33.4 Å². The standard InChI is InChI=1S/C19H36S/c1-4-16(13-15(3)20)17-8-10-18(11-9-17)19-7-5-6-14(2)12-19/h14-20H,4-13H2,1-3H3. The highest BCUT2D eigenvalue weighted by atomic mass is 32.1. The molecule has 4 atom stereocenters. The third-order valence-electron chi connectivity index (χ3n) is 6.30. The maximum atomic E-state index is 4.62. The Kier molecular flexibility index (Phi) is 6.78. The summed E-state index contributed by atoms with van der Waals surface area (Å²) in [7, 11) is 0. The normalized spacial score (nSPS) is 38.4. The molecule has 0 radical (unpaired) electrons. The zero-order valence-corrected chi connectivity index (χ0v) is 14.9. The van der Waals surface area contributed by atoms with Crippen molar-refractivity contribution < 1.29 is 0 Å². The van der Waals surface area contributed by atoms with Crippen molar-refractivity contribution in [3.8, 4) is 0 Å². The molecule has 118 valence electrons. The van der Waals surface area contributed by atoms with E-state index in [4.69, 9.17) is 0 Å². The van der Waals surface area contributed by atoms with Gasteiger partial charge in [0.05, 0.1) is 0 Å². The smallest absolute Gasteiger partial charge is 0.000885 e. The van der Waals surface area contributed by atoms with Gasteiger partial charge in [0.25, 0.3) is 0 Å². The lowest BCUT2D eigenvalue weighted by molar-refractivity contribution is 0.120. The average molecular weight is 297 g/mol. The first-order chi connectivity index (χ1) is 9.60. The largest absolute Gasteiger partial charge is 0.176 e. The predicted molar refractivity (Wildman–Crippen MR) is 93.4 cm³/mol. The summed E-state index contributed by atoms with van der Waals surface area (Å²) in [6, 6.07) is 0. The molecule has 2 aliphatic carbocycles. The molecule has 0 aliphatic heterocycles. The second-order valence-corrected chi connectivity index (χ2v) is 8.84. The number of hydrogen-bond acceptors (Lipinski definition) is 1. The van der Waals surface area contributed by atoms with Gasteiger partial charge in [-0.05, 0) is 73.4 Å². The first-order valence-corrected chi connectivity index (χ1v) is 9.79. The molecule has 0 nitrogen and oxygen atoms in total. The van der Waals surface area contributed by atoms with Gasteiger partial charge >= 0.3 is 0 Å². The van der Waals surface area contributed by atoms with Crippen molar-refractivity contribution in [3.05, 3.63) is 0 Å². The van der Waals surface area contributed by atoms with Crippen LogP contribution in [-0.4, -0.2) is 5.25 Å². The zero-order valence-electron chi connectivity index (χ0n) is 14.0. The maximum absolute atomic E-state index is 4.62. The maximum Gasteiger partial charge on any atom is -0.000885 e. The van der Waals surface area contributed by atoms with Crippen molar-refractivity contribution in [2.75, 3.05) is 0 Å². The van der Waals surface area contributed by atoms with E-state index in [1.165, 1.54) is 64.2 Å². The Balaban J connectivity index is 1.79. The number of thiol groups is 1. The van der Waals surface area contributed by atoms with E-state index in [0.29, 0.717) is 5.25 Å². The van der Waals surface area contributed by atoms with Crippen LogP contribution in [0.25, 0.3) is 0 Å². The van der Waals surface area contributed by atoms with Crippen molar-refractivity contribution in [2.24, 2.45) is 29.6 Å². The van der Waals surface area contributed by atoms with Crippen LogP contribution in [0.5, 0.6) is 0 Å². The summed E-state index contributed by atoms with van der Waals surface area (Å²) in [5.74, 6) is 5.09. The molecule has 0 saturated heterocycles. The molecule has 20 heavy (non-hydrogen) atoms. The molecule has 0 heterocycles. The molecule has 0 bridgehead atoms. The highest BCUT2D eigenvalue weighted by molar-refractivity contribution is 7.80. The quantitative estimate of drug-likeness (QED) is 0.561. The molecule has 1 heteroatoms. The molecule has 2 saturated carbocycles. The second-order valence-electron chi connectivity index (χ2n) is 7.96. The fourth-order valence-corrected chi connectivity index (χ4v) is 5.40. The van der Waals surface area contributed by atoms with Crippen molar-refractivity contribution in [2.45, 2.75) is 90.2 Å². The van der Waals surface area contributed by atoms with E-state index < -0.39 is 0 Å². The van der Waals surface area contributed by atoms with E-state index in [-0.39, 0.29) is 0 Å². The average Bonchev–Trinajstić information content (AvgIpc) is 2.45. The van der Waals surface area contributed by atoms with Gasteiger partial charge in [-0.25, -0.2) is 0 Å². The third kappa shape index (κ3) is 4.68. The summed E-state index contributed by atoms with van der Waals surface area (Å²) < 4.78 is 0. The summed E-state index contributed by atoms with van der Waals surface area (Å²) in [6.07, 6.45) is 14.8. The molecular weight excluding hydrogens is 260 g/mol. The van der Waals surface area contributed by atoms with Crippen molar-refractivity contribution in [1.29, 1.82) is 0 Å². The molecule has 0 N–H and O–H groups in total. The summed E-state index contributed by atoms with van der Waals surface area (Å²) in [4.78, 5) is 0. The van der Waals surface area contributed by atoms with Crippen molar-refractivity contribution >= 4 is 12.6 Å². The molecule has 0 spiro atoms. The molecule has 4 unspecified atom stereocenters. The Morgan fingerprint density at radius 1 is 1.00 bits per heavy atom. The fourth-order valence-electron chi connectivity index (χ4n) is 5.13. The van der Waals surface area contributed by atoms with Gasteiger partial charge in [-0.3, -0.25) is 0 Å². The van der Waals surface area contributed by atoms with Gasteiger partial charge in [0.15, 0.2) is 0 Å². The fraction of sp³-hybridized carbons (Fsp3) is 1.00. The predicted octanol–water partition coefficient (Wildman–Crippen LogP) is 6.35. The van der Waals surface area contributed by atoms with Gasteiger partial charge < -0.3 is 0 Å². The van der Waals surface area contributed by atoms with Crippen molar-refractivity contribution in [3.63, 3.8) is 0 Å². The van der Waals surface area contributed by atoms with E-state index in [9.17, 15) is 0 Å². The topological polar surface area (TPSA) is 0 Å². The lowest BCUT2D eigenvalue weighted by Gasteiger charge is -2.40. The Morgan fingerprint density at radius 3 is 2.25 bits per heavy atom. The van der Waals surface area contributed by atoms with Gasteiger partial charge in [0.1, 0.15) is 0 Å². The van der Waals surface area contributed by atoms with Gasteiger partial charge in [0, 0.05) is 0 Å². The van der Waals surface area contributed by atoms with Crippen LogP contribution in [-0.2, 0) is 0 Å². The van der Waals surface area contributed by atoms with Gasteiger partial charge in [0.2, 0.25) is 0 Å². The lowest BCUT2D eigenvalue weighted by atomic mass is 9.66. The summed E-state index contributed by atoms with van der Waals surface area (Å²) >= 11 is 4.62. The van der Waals surface area contributed by atoms with E-state index in [1.54, 1.807) is 0 Å². The third-order valence-corrected chi connectivity index (χ3v) is 6.51. The zero-order chi connectivity index (χ0) is 14.5. The molecule has 2 fully saturated rings. The number of rotatable bonds is 5. The minimum absolute atomic E-state index is 0.580. The van der Waals surface area contributed by atoms with Crippen LogP contribution in [0.2, 0.25) is 0 Å². The van der Waals surface area contributed by atoms with Crippen LogP contribution in [0.15, 0.2) is 0 Å². The van der Waals surface area contributed by atoms with Crippen LogP contribution in [0.1, 0.15) is 85.0 Å². The van der Waals surface area contributed by atoms with Crippen LogP contribution in [0.3, 0.4) is 0 Å². The Bertz CT molecular complexity index is 253. The second kappa shape index (κ2) is 8.11. The van der Waals surface area contributed by atoms with Crippen LogP contribution in [0, 0.1) is 29.6 Å². The minimum Gasteiger partial charge on any atom is -0.176 e. The molecule has 0 amide bonds. The Hall–Kier alpha value is 0.350. The lowest BCUT2D eigenvalue weighted by Crippen LogP contribution is -2.28. The monoisotopic (exact) mass is 296 g/mol. The summed E-state index contributed by atoms with van der Waals surface area (Å²) in [5, 5.41) is 0.580. The molecular formula is C19H36S. The first kappa shape index (κ1) is 16.7. The molecule has 0 aromatic heterocycles. The first-order valence-electron chi connectivity index (χ1n) is 9.28. The van der Waals surface area contributed by atoms with E-state index >= 15 is 0 Å². The van der Waals surface area contributed by atoms with E-state index in [0.717, 1.165) is 29.6 Å². The van der Waals surface area contributed by atoms with Crippen molar-refractivity contribution in [1.82, 2.24) is 0 Å². The Morgan fingerprint density at radius 2 is 1.70 bits per heavy atom. The van der Waals surface area contributed by atoms with Crippen LogP contribution < -0.4 is 0 Å². The van der Waals surface area contributed by atoms with Crippen LogP contribution in [0.4, 0.5) is 0 Å². The highest BCUT2D eigenvalue weighted by Gasteiger charge is 2.32. The van der Waals surface area contributed by atoms with Gasteiger partial charge in [-0.2, -0.15) is 12.6 Å². The Labute approximate surface area is 132 Å². The molecule has 2 rings (SSSR count). The van der Waals surface area contributed by atoms with Crippen LogP contribution >= 0.6 is 12.6 Å². The molecule has 0 aromatic carbocycles. The van der Waals surface area contributed by atoms with E-state index in [1.807, 2.05) is 0 Å². The SMILES string of the molecule is CCC(CC(C)S)C1CCC(C2CCCC(C)C2)CC1. The number of hydrogen-bond donors (Lipinski definition) is 1. The summed E-state index contributed by atoms with van der Waals surface area (Å²) in [5.41, 5.74) is 0.